The number of halogens is 2. The summed E-state index contributed by atoms with van der Waals surface area (Å²) in [6.45, 7) is 5.96. The van der Waals surface area contributed by atoms with Crippen LogP contribution in [-0.2, 0) is 20.9 Å². The van der Waals surface area contributed by atoms with Gasteiger partial charge < -0.3 is 19.5 Å². The maximum Gasteiger partial charge on any atom is 0.336 e. The van der Waals surface area contributed by atoms with Crippen LogP contribution in [0.1, 0.15) is 44.2 Å². The van der Waals surface area contributed by atoms with E-state index in [2.05, 4.69) is 11.4 Å². The number of nitrogens with one attached hydrogen (secondary N) is 1. The highest BCUT2D eigenvalue weighted by molar-refractivity contribution is 6.30. The predicted molar refractivity (Wildman–Crippen MR) is 134 cm³/mol. The van der Waals surface area contributed by atoms with Crippen molar-refractivity contribution in [3.63, 3.8) is 0 Å². The van der Waals surface area contributed by atoms with Gasteiger partial charge in [-0.3, -0.25) is 4.79 Å². The number of hydrogen-bond donors (Lipinski definition) is 1. The number of ketones is 1. The van der Waals surface area contributed by atoms with Crippen molar-refractivity contribution in [2.75, 3.05) is 14.2 Å². The van der Waals surface area contributed by atoms with Gasteiger partial charge in [0.2, 0.25) is 0 Å². The van der Waals surface area contributed by atoms with E-state index in [1.54, 1.807) is 13.2 Å². The fraction of sp³-hybridized carbons (Fsp3) is 0.357. The van der Waals surface area contributed by atoms with E-state index >= 15 is 0 Å². The first-order chi connectivity index (χ1) is 17.0. The molecule has 2 atom stereocenters. The first-order valence-electron chi connectivity index (χ1n) is 11.6. The lowest BCUT2D eigenvalue weighted by atomic mass is 9.66. The third-order valence-electron chi connectivity index (χ3n) is 6.59. The largest absolute Gasteiger partial charge is 0.496 e. The van der Waals surface area contributed by atoms with Crippen LogP contribution in [0.15, 0.2) is 59.4 Å². The van der Waals surface area contributed by atoms with Crippen LogP contribution in [0.25, 0.3) is 0 Å². The van der Waals surface area contributed by atoms with Crippen molar-refractivity contribution in [2.45, 2.75) is 39.7 Å². The Morgan fingerprint density at radius 3 is 2.58 bits per heavy atom. The molecule has 2 aromatic carbocycles. The molecule has 4 rings (SSSR count). The Morgan fingerprint density at radius 2 is 1.92 bits per heavy atom. The number of hydrogen-bond acceptors (Lipinski definition) is 6. The lowest BCUT2D eigenvalue weighted by molar-refractivity contribution is -0.136. The number of carbonyl (C=O) groups is 2. The number of methoxy groups -OCH3 is 2. The van der Waals surface area contributed by atoms with Gasteiger partial charge in [0, 0.05) is 35.4 Å². The van der Waals surface area contributed by atoms with Crippen molar-refractivity contribution in [2.24, 2.45) is 11.3 Å². The number of allylic oxidation sites excluding steroid dienone is 3. The van der Waals surface area contributed by atoms with Gasteiger partial charge in [0.05, 0.1) is 30.7 Å². The Labute approximate surface area is 215 Å². The molecule has 0 saturated heterocycles. The van der Waals surface area contributed by atoms with E-state index in [1.807, 2.05) is 32.9 Å². The van der Waals surface area contributed by atoms with Crippen molar-refractivity contribution in [1.82, 2.24) is 5.32 Å². The minimum atomic E-state index is -0.547. The molecule has 0 aromatic heterocycles. The molecule has 0 saturated carbocycles. The number of carbonyl (C=O) groups excluding carboxylic acids is 2. The number of ether oxygens (including phenoxy) is 3. The lowest BCUT2D eigenvalue weighted by Crippen LogP contribution is -2.43. The van der Waals surface area contributed by atoms with E-state index in [1.165, 1.54) is 25.3 Å². The van der Waals surface area contributed by atoms with E-state index in [0.29, 0.717) is 34.8 Å². The van der Waals surface area contributed by atoms with Gasteiger partial charge in [0.1, 0.15) is 29.7 Å². The Bertz CT molecular complexity index is 1280. The summed E-state index contributed by atoms with van der Waals surface area (Å²) >= 11 is 5.88. The van der Waals surface area contributed by atoms with Crippen molar-refractivity contribution < 1.29 is 28.2 Å². The monoisotopic (exact) mass is 513 g/mol. The highest BCUT2D eigenvalue weighted by Crippen LogP contribution is 2.47. The second-order valence-electron chi connectivity index (χ2n) is 9.78. The molecule has 0 fully saturated rings. The summed E-state index contributed by atoms with van der Waals surface area (Å²) in [5.74, 6) is -1.08. The summed E-state index contributed by atoms with van der Waals surface area (Å²) in [7, 11) is 2.88. The quantitative estimate of drug-likeness (QED) is 0.499. The Balaban J connectivity index is 1.78. The number of esters is 1. The van der Waals surface area contributed by atoms with Crippen molar-refractivity contribution in [3.8, 4) is 11.5 Å². The minimum Gasteiger partial charge on any atom is -0.496 e. The van der Waals surface area contributed by atoms with Crippen molar-refractivity contribution >= 4 is 23.4 Å². The maximum atomic E-state index is 13.5. The van der Waals surface area contributed by atoms with Gasteiger partial charge in [-0.05, 0) is 42.2 Å². The summed E-state index contributed by atoms with van der Waals surface area (Å²) < 4.78 is 30.0. The zero-order chi connectivity index (χ0) is 26.2. The first kappa shape index (κ1) is 25.8. The third-order valence-corrected chi connectivity index (χ3v) is 6.88. The molecule has 0 spiro atoms. The summed E-state index contributed by atoms with van der Waals surface area (Å²) in [6, 6.07) is 9.65. The summed E-state index contributed by atoms with van der Waals surface area (Å²) in [6.07, 6.45) is 2.44. The molecule has 0 bridgehead atoms. The van der Waals surface area contributed by atoms with Gasteiger partial charge in [-0.1, -0.05) is 37.6 Å². The third kappa shape index (κ3) is 4.98. The molecule has 8 heteroatoms. The van der Waals surface area contributed by atoms with Crippen LogP contribution in [0.2, 0.25) is 5.02 Å². The van der Waals surface area contributed by atoms with Crippen LogP contribution >= 0.6 is 11.6 Å². The number of rotatable bonds is 6. The number of fused-ring (bicyclic) bond motifs is 1. The zero-order valence-electron chi connectivity index (χ0n) is 20.9. The molecule has 1 N–H and O–H groups in total. The molecule has 2 unspecified atom stereocenters. The topological polar surface area (TPSA) is 73.9 Å². The molecule has 1 heterocycles. The van der Waals surface area contributed by atoms with Crippen molar-refractivity contribution in [1.29, 1.82) is 0 Å². The van der Waals surface area contributed by atoms with E-state index in [4.69, 9.17) is 25.8 Å². The van der Waals surface area contributed by atoms with Gasteiger partial charge in [-0.15, -0.1) is 0 Å². The van der Waals surface area contributed by atoms with E-state index in [-0.39, 0.29) is 22.8 Å². The van der Waals surface area contributed by atoms with E-state index in [0.717, 1.165) is 11.3 Å². The van der Waals surface area contributed by atoms with Crippen LogP contribution < -0.4 is 14.8 Å². The van der Waals surface area contributed by atoms with Crippen LogP contribution in [0.5, 0.6) is 11.5 Å². The van der Waals surface area contributed by atoms with Gasteiger partial charge in [-0.25, -0.2) is 9.18 Å². The van der Waals surface area contributed by atoms with Gasteiger partial charge in [0.25, 0.3) is 0 Å². The standard InChI is InChI=1S/C28H29ClFNO5/c1-15-24(27(33)35-5)25(26-21(31-15)12-28(2,3)13-22(26)32)16-6-9-23(34-4)17(10-16)14-36-18-7-8-20(30)19(29)11-18/h6-12,25-26,31H,13-14H2,1-5H3. The molecule has 36 heavy (non-hydrogen) atoms. The highest BCUT2D eigenvalue weighted by atomic mass is 35.5. The van der Waals surface area contributed by atoms with Gasteiger partial charge in [0.15, 0.2) is 0 Å². The minimum absolute atomic E-state index is 0.0377. The van der Waals surface area contributed by atoms with Crippen LogP contribution in [0.3, 0.4) is 0 Å². The Kier molecular flexibility index (Phi) is 7.14. The molecule has 0 radical (unpaired) electrons. The Morgan fingerprint density at radius 1 is 1.17 bits per heavy atom. The molecule has 0 amide bonds. The van der Waals surface area contributed by atoms with Crippen molar-refractivity contribution in [3.05, 3.63) is 81.4 Å². The number of Topliss-reactive ketones (excluding diaryl/α,β-unsaturated/α-hetero) is 1. The average molecular weight is 514 g/mol. The summed E-state index contributed by atoms with van der Waals surface area (Å²) in [5.41, 5.74) is 3.02. The van der Waals surface area contributed by atoms with Crippen LogP contribution in [-0.4, -0.2) is 26.0 Å². The smallest absolute Gasteiger partial charge is 0.336 e. The fourth-order valence-electron chi connectivity index (χ4n) is 5.04. The summed E-state index contributed by atoms with van der Waals surface area (Å²) in [5, 5.41) is 3.25. The molecule has 2 aromatic rings. The maximum absolute atomic E-state index is 13.5. The molecule has 6 nitrogen and oxygen atoms in total. The normalized spacial score (nSPS) is 20.8. The molecule has 190 valence electrons. The SMILES string of the molecule is COC(=O)C1=C(C)NC2=CC(C)(C)CC(=O)C2C1c1ccc(OC)c(COc2ccc(F)c(Cl)c2)c1. The van der Waals surface area contributed by atoms with Gasteiger partial charge >= 0.3 is 5.97 Å². The second-order valence-corrected chi connectivity index (χ2v) is 10.2. The Hall–Kier alpha value is -3.32. The predicted octanol–water partition coefficient (Wildman–Crippen LogP) is 5.70. The van der Waals surface area contributed by atoms with E-state index < -0.39 is 23.6 Å². The zero-order valence-corrected chi connectivity index (χ0v) is 21.7. The number of benzene rings is 2. The molecule has 1 aliphatic heterocycles. The molecule has 1 aliphatic carbocycles. The summed E-state index contributed by atoms with van der Waals surface area (Å²) in [4.78, 5) is 26.3. The first-order valence-corrected chi connectivity index (χ1v) is 12.0. The fourth-order valence-corrected chi connectivity index (χ4v) is 5.21. The molecular formula is C28H29ClFNO5. The van der Waals surface area contributed by atoms with Crippen LogP contribution in [0.4, 0.5) is 4.39 Å². The molecular weight excluding hydrogens is 485 g/mol. The van der Waals surface area contributed by atoms with E-state index in [9.17, 15) is 14.0 Å². The second kappa shape index (κ2) is 9.97. The average Bonchev–Trinajstić information content (AvgIpc) is 2.82. The highest BCUT2D eigenvalue weighted by Gasteiger charge is 2.46. The van der Waals surface area contributed by atoms with Crippen LogP contribution in [0, 0.1) is 17.2 Å². The van der Waals surface area contributed by atoms with Gasteiger partial charge in [-0.2, -0.15) is 0 Å². The molecule has 2 aliphatic rings. The lowest BCUT2D eigenvalue weighted by Gasteiger charge is -2.41.